The van der Waals surface area contributed by atoms with Gasteiger partial charge in [0.15, 0.2) is 0 Å². The molecule has 4 rings (SSSR count). The number of methoxy groups -OCH3 is 1. The summed E-state index contributed by atoms with van der Waals surface area (Å²) >= 11 is 0. The molecule has 0 amide bonds. The van der Waals surface area contributed by atoms with Gasteiger partial charge in [-0.05, 0) is 34.4 Å². The number of nitrogens with zero attached hydrogens (tertiary/aromatic N) is 1. The largest absolute Gasteiger partial charge is 0.494 e. The van der Waals surface area contributed by atoms with E-state index in [1.54, 1.807) is 13.2 Å². The fourth-order valence-electron chi connectivity index (χ4n) is 4.44. The summed E-state index contributed by atoms with van der Waals surface area (Å²) in [5.74, 6) is 1.01. The summed E-state index contributed by atoms with van der Waals surface area (Å²) in [7, 11) is 1.56. The van der Waals surface area contributed by atoms with E-state index < -0.39 is 0 Å². The van der Waals surface area contributed by atoms with Crippen LogP contribution >= 0.6 is 0 Å². The van der Waals surface area contributed by atoms with Crippen LogP contribution in [0.3, 0.4) is 0 Å². The molecule has 0 fully saturated rings. The fourth-order valence-corrected chi connectivity index (χ4v) is 4.44. The molecule has 1 N–H and O–H groups in total. The van der Waals surface area contributed by atoms with E-state index in [0.717, 1.165) is 17.7 Å². The van der Waals surface area contributed by atoms with Crippen LogP contribution in [-0.4, -0.2) is 12.0 Å². The number of hydrogen-bond acceptors (Lipinski definition) is 4. The van der Waals surface area contributed by atoms with Crippen LogP contribution < -0.4 is 10.1 Å². The lowest BCUT2D eigenvalue weighted by molar-refractivity contribution is -0.385. The van der Waals surface area contributed by atoms with E-state index in [2.05, 4.69) is 62.5 Å². The van der Waals surface area contributed by atoms with Crippen LogP contribution in [0.25, 0.3) is 0 Å². The van der Waals surface area contributed by atoms with Crippen molar-refractivity contribution in [1.82, 2.24) is 0 Å². The summed E-state index contributed by atoms with van der Waals surface area (Å²) in [6.07, 6.45) is 5.33. The number of fused-ring (bicyclic) bond motifs is 3. The van der Waals surface area contributed by atoms with Crippen LogP contribution in [0, 0.1) is 16.0 Å². The second kappa shape index (κ2) is 6.66. The van der Waals surface area contributed by atoms with Gasteiger partial charge in [0, 0.05) is 12.0 Å². The van der Waals surface area contributed by atoms with Gasteiger partial charge in [0.05, 0.1) is 29.8 Å². The van der Waals surface area contributed by atoms with Crippen molar-refractivity contribution in [2.75, 3.05) is 12.4 Å². The number of allylic oxidation sites excluding steroid dienone is 2. The molecule has 0 radical (unpaired) electrons. The van der Waals surface area contributed by atoms with Gasteiger partial charge in [0.2, 0.25) is 0 Å². The number of hydrogen-bond donors (Lipinski definition) is 1. The topological polar surface area (TPSA) is 64.4 Å². The van der Waals surface area contributed by atoms with Crippen molar-refractivity contribution in [3.05, 3.63) is 75.4 Å². The lowest BCUT2D eigenvalue weighted by Crippen LogP contribution is -2.29. The molecule has 1 aliphatic carbocycles. The summed E-state index contributed by atoms with van der Waals surface area (Å²) in [5.41, 5.74) is 4.55. The van der Waals surface area contributed by atoms with E-state index in [0.29, 0.717) is 11.7 Å². The molecule has 28 heavy (non-hydrogen) atoms. The third-order valence-electron chi connectivity index (χ3n) is 5.98. The summed E-state index contributed by atoms with van der Waals surface area (Å²) in [5, 5.41) is 15.0. The zero-order chi connectivity index (χ0) is 20.1. The van der Waals surface area contributed by atoms with Crippen LogP contribution in [0.2, 0.25) is 0 Å². The monoisotopic (exact) mass is 378 g/mol. The van der Waals surface area contributed by atoms with E-state index >= 15 is 0 Å². The van der Waals surface area contributed by atoms with Crippen LogP contribution in [-0.2, 0) is 5.41 Å². The highest BCUT2D eigenvalue weighted by atomic mass is 16.6. The van der Waals surface area contributed by atoms with Crippen LogP contribution in [0.15, 0.2) is 48.6 Å². The predicted octanol–water partition coefficient (Wildman–Crippen LogP) is 5.73. The first-order chi connectivity index (χ1) is 13.3. The normalized spacial score (nSPS) is 22.9. The molecule has 0 saturated carbocycles. The first-order valence-corrected chi connectivity index (χ1v) is 9.69. The summed E-state index contributed by atoms with van der Waals surface area (Å²) in [4.78, 5) is 11.0. The summed E-state index contributed by atoms with van der Waals surface area (Å²) in [6, 6.07) is 12.2. The number of benzene rings is 2. The van der Waals surface area contributed by atoms with Gasteiger partial charge in [-0.25, -0.2) is 0 Å². The number of nitro groups is 1. The molecule has 5 heteroatoms. The van der Waals surface area contributed by atoms with Gasteiger partial charge >= 0.3 is 0 Å². The van der Waals surface area contributed by atoms with E-state index in [4.69, 9.17) is 4.74 Å². The first-order valence-electron chi connectivity index (χ1n) is 9.69. The molecule has 0 saturated heterocycles. The highest BCUT2D eigenvalue weighted by molar-refractivity contribution is 5.71. The number of nitrogens with one attached hydrogen (secondary N) is 1. The van der Waals surface area contributed by atoms with Crippen molar-refractivity contribution in [2.24, 2.45) is 5.92 Å². The molecule has 2 aromatic rings. The third kappa shape index (κ3) is 3.05. The molecule has 0 unspecified atom stereocenters. The number of anilines is 1. The minimum atomic E-state index is -0.353. The molecule has 2 aromatic carbocycles. The van der Waals surface area contributed by atoms with Gasteiger partial charge in [0.1, 0.15) is 5.75 Å². The smallest absolute Gasteiger partial charge is 0.273 e. The number of ether oxygens (including phenoxy) is 1. The molecule has 0 aromatic heterocycles. The van der Waals surface area contributed by atoms with Gasteiger partial charge in [-0.1, -0.05) is 57.2 Å². The Bertz CT molecular complexity index is 942. The van der Waals surface area contributed by atoms with Gasteiger partial charge in [0.25, 0.3) is 5.69 Å². The van der Waals surface area contributed by atoms with Crippen LogP contribution in [0.4, 0.5) is 11.4 Å². The zero-order valence-corrected chi connectivity index (χ0v) is 16.7. The SMILES string of the molecule is COc1cc([N+](=O)[O-])cc2c1N[C@H](c1ccc(C(C)(C)C)cc1)[C@H]1CC=C[C@@H]21. The van der Waals surface area contributed by atoms with Crippen molar-refractivity contribution in [3.63, 3.8) is 0 Å². The van der Waals surface area contributed by atoms with E-state index in [-0.39, 0.29) is 28.0 Å². The maximum atomic E-state index is 11.4. The van der Waals surface area contributed by atoms with E-state index in [1.807, 2.05) is 0 Å². The highest BCUT2D eigenvalue weighted by Gasteiger charge is 2.40. The van der Waals surface area contributed by atoms with Crippen molar-refractivity contribution < 1.29 is 9.66 Å². The molecule has 0 spiro atoms. The number of rotatable bonds is 3. The Kier molecular flexibility index (Phi) is 4.41. The molecule has 1 aliphatic heterocycles. The maximum absolute atomic E-state index is 11.4. The average molecular weight is 378 g/mol. The van der Waals surface area contributed by atoms with Crippen molar-refractivity contribution in [1.29, 1.82) is 0 Å². The minimum absolute atomic E-state index is 0.0735. The lowest BCUT2D eigenvalue weighted by atomic mass is 9.76. The molecular formula is C23H26N2O3. The van der Waals surface area contributed by atoms with E-state index in [1.165, 1.54) is 17.2 Å². The van der Waals surface area contributed by atoms with Crippen LogP contribution in [0.1, 0.15) is 55.8 Å². The highest BCUT2D eigenvalue weighted by Crippen LogP contribution is 2.53. The minimum Gasteiger partial charge on any atom is -0.494 e. The van der Waals surface area contributed by atoms with Gasteiger partial charge < -0.3 is 10.1 Å². The number of nitro benzene ring substituents is 1. The van der Waals surface area contributed by atoms with Crippen molar-refractivity contribution in [2.45, 2.75) is 44.6 Å². The third-order valence-corrected chi connectivity index (χ3v) is 5.98. The molecule has 5 nitrogen and oxygen atoms in total. The Morgan fingerprint density at radius 3 is 2.50 bits per heavy atom. The van der Waals surface area contributed by atoms with E-state index in [9.17, 15) is 10.1 Å². The second-order valence-corrected chi connectivity index (χ2v) is 8.72. The first kappa shape index (κ1) is 18.5. The molecule has 1 heterocycles. The standard InChI is InChI=1S/C23H26N2O3/c1-23(2,3)15-10-8-14(9-11-15)21-18-7-5-6-17(18)19-12-16(25(26)27)13-20(28-4)22(19)24-21/h5-6,8-13,17-18,21,24H,7H2,1-4H3/t17-,18+,21-/m1/s1. The Morgan fingerprint density at radius 2 is 1.89 bits per heavy atom. The Morgan fingerprint density at radius 1 is 1.18 bits per heavy atom. The number of non-ortho nitro benzene ring substituents is 1. The maximum Gasteiger partial charge on any atom is 0.273 e. The Balaban J connectivity index is 1.77. The molecule has 0 bridgehead atoms. The van der Waals surface area contributed by atoms with Crippen molar-refractivity contribution >= 4 is 11.4 Å². The molecule has 146 valence electrons. The molecule has 3 atom stereocenters. The average Bonchev–Trinajstić information content (AvgIpc) is 3.16. The molecule has 2 aliphatic rings. The lowest BCUT2D eigenvalue weighted by Gasteiger charge is -2.38. The second-order valence-electron chi connectivity index (χ2n) is 8.72. The quantitative estimate of drug-likeness (QED) is 0.421. The Labute approximate surface area is 165 Å². The fraction of sp³-hybridized carbons (Fsp3) is 0.391. The zero-order valence-electron chi connectivity index (χ0n) is 16.7. The van der Waals surface area contributed by atoms with Crippen LogP contribution in [0.5, 0.6) is 5.75 Å². The summed E-state index contributed by atoms with van der Waals surface area (Å²) in [6.45, 7) is 6.64. The van der Waals surface area contributed by atoms with Gasteiger partial charge in [-0.15, -0.1) is 0 Å². The predicted molar refractivity (Wildman–Crippen MR) is 111 cm³/mol. The molecular weight excluding hydrogens is 352 g/mol. The van der Waals surface area contributed by atoms with Gasteiger partial charge in [-0.2, -0.15) is 0 Å². The summed E-state index contributed by atoms with van der Waals surface area (Å²) < 4.78 is 5.51. The van der Waals surface area contributed by atoms with Crippen molar-refractivity contribution in [3.8, 4) is 5.75 Å². The Hall–Kier alpha value is -2.82. The van der Waals surface area contributed by atoms with Gasteiger partial charge in [-0.3, -0.25) is 10.1 Å².